The minimum atomic E-state index is -0.987. The van der Waals surface area contributed by atoms with Crippen molar-refractivity contribution in [1.29, 1.82) is 0 Å². The number of rotatable bonds is 5. The number of benzene rings is 3. The number of amides is 1. The van der Waals surface area contributed by atoms with Crippen molar-refractivity contribution in [2.24, 2.45) is 0 Å². The molecule has 1 N–H and O–H groups in total. The zero-order valence-electron chi connectivity index (χ0n) is 17.4. The Hall–Kier alpha value is -3.35. The number of aliphatic hydroxyl groups is 1. The number of nitrogens with zero attached hydrogens (tertiary/aromatic N) is 1. The molecule has 1 amide bonds. The number of aliphatic hydroxyl groups excluding tert-OH is 1. The largest absolute Gasteiger partial charge is 0.507 e. The third kappa shape index (κ3) is 4.19. The summed E-state index contributed by atoms with van der Waals surface area (Å²) in [4.78, 5) is 27.5. The second-order valence-electron chi connectivity index (χ2n) is 7.25. The molecule has 4 rings (SSSR count). The Bertz CT molecular complexity index is 1280. The number of ether oxygens (including phenoxy) is 1. The van der Waals surface area contributed by atoms with Gasteiger partial charge in [0.2, 0.25) is 0 Å². The zero-order chi connectivity index (χ0) is 23.7. The van der Waals surface area contributed by atoms with Gasteiger partial charge in [-0.2, -0.15) is 0 Å². The van der Waals surface area contributed by atoms with Gasteiger partial charge in [0.25, 0.3) is 11.7 Å². The third-order valence-electron chi connectivity index (χ3n) is 5.25. The highest BCUT2D eigenvalue weighted by molar-refractivity contribution is 6.52. The molecule has 1 heterocycles. The molecule has 1 saturated heterocycles. The molecule has 1 fully saturated rings. The Labute approximate surface area is 199 Å². The van der Waals surface area contributed by atoms with E-state index in [1.54, 1.807) is 36.4 Å². The van der Waals surface area contributed by atoms with E-state index in [1.165, 1.54) is 29.2 Å². The number of anilines is 1. The Kier molecular flexibility index (Phi) is 6.40. The highest BCUT2D eigenvalue weighted by atomic mass is 35.5. The number of carbonyl (C=O) groups excluding carboxylic acids is 2. The summed E-state index contributed by atoms with van der Waals surface area (Å²) in [7, 11) is 0. The fraction of sp³-hybridized carbons (Fsp3) is 0.120. The molecule has 0 saturated carbocycles. The van der Waals surface area contributed by atoms with Crippen LogP contribution in [0.2, 0.25) is 10.0 Å². The van der Waals surface area contributed by atoms with Crippen molar-refractivity contribution >= 4 is 46.3 Å². The van der Waals surface area contributed by atoms with Gasteiger partial charge in [-0.15, -0.1) is 0 Å². The quantitative estimate of drug-likeness (QED) is 0.267. The van der Waals surface area contributed by atoms with E-state index in [4.69, 9.17) is 27.9 Å². The first-order valence-electron chi connectivity index (χ1n) is 10.1. The summed E-state index contributed by atoms with van der Waals surface area (Å²) in [6.45, 7) is 2.20. The van der Waals surface area contributed by atoms with Gasteiger partial charge in [-0.1, -0.05) is 53.5 Å². The van der Waals surface area contributed by atoms with Crippen LogP contribution in [0, 0.1) is 5.82 Å². The SMILES string of the molecule is CCOc1ccc(Cl)c(/C(O)=C2\C(=O)C(=O)N(c3ccc(F)c(Cl)c3)C2c2ccccc2)c1. The molecule has 8 heteroatoms. The van der Waals surface area contributed by atoms with Crippen LogP contribution in [0.3, 0.4) is 0 Å². The molecule has 1 atom stereocenters. The molecule has 0 aliphatic carbocycles. The fourth-order valence-electron chi connectivity index (χ4n) is 3.77. The molecule has 0 aromatic heterocycles. The number of hydrogen-bond acceptors (Lipinski definition) is 4. The lowest BCUT2D eigenvalue weighted by atomic mass is 9.95. The molecule has 0 bridgehead atoms. The summed E-state index contributed by atoms with van der Waals surface area (Å²) in [5.41, 5.74) is 0.780. The fourth-order valence-corrected chi connectivity index (χ4v) is 4.15. The maximum Gasteiger partial charge on any atom is 0.300 e. The molecule has 1 unspecified atom stereocenters. The van der Waals surface area contributed by atoms with Crippen LogP contribution in [0.15, 0.2) is 72.3 Å². The van der Waals surface area contributed by atoms with Crippen LogP contribution in [0.5, 0.6) is 5.75 Å². The van der Waals surface area contributed by atoms with Gasteiger partial charge in [-0.25, -0.2) is 4.39 Å². The lowest BCUT2D eigenvalue weighted by molar-refractivity contribution is -0.132. The van der Waals surface area contributed by atoms with Gasteiger partial charge in [0.15, 0.2) is 0 Å². The Morgan fingerprint density at radius 3 is 2.42 bits per heavy atom. The average Bonchev–Trinajstić information content (AvgIpc) is 3.08. The predicted octanol–water partition coefficient (Wildman–Crippen LogP) is 6.16. The van der Waals surface area contributed by atoms with Crippen LogP contribution in [-0.2, 0) is 9.59 Å². The monoisotopic (exact) mass is 485 g/mol. The molecule has 1 aliphatic heterocycles. The number of ketones is 1. The van der Waals surface area contributed by atoms with E-state index in [1.807, 2.05) is 6.92 Å². The third-order valence-corrected chi connectivity index (χ3v) is 5.86. The highest BCUT2D eigenvalue weighted by Gasteiger charge is 2.47. The van der Waals surface area contributed by atoms with Crippen LogP contribution >= 0.6 is 23.2 Å². The Balaban J connectivity index is 1.95. The molecule has 5 nitrogen and oxygen atoms in total. The van der Waals surface area contributed by atoms with Crippen molar-refractivity contribution in [2.75, 3.05) is 11.5 Å². The zero-order valence-corrected chi connectivity index (χ0v) is 18.9. The van der Waals surface area contributed by atoms with Crippen molar-refractivity contribution in [2.45, 2.75) is 13.0 Å². The van der Waals surface area contributed by atoms with E-state index < -0.39 is 29.3 Å². The van der Waals surface area contributed by atoms with Gasteiger partial charge >= 0.3 is 0 Å². The second-order valence-corrected chi connectivity index (χ2v) is 8.07. The van der Waals surface area contributed by atoms with Gasteiger partial charge in [0, 0.05) is 11.3 Å². The second kappa shape index (κ2) is 9.25. The summed E-state index contributed by atoms with van der Waals surface area (Å²) < 4.78 is 19.3. The van der Waals surface area contributed by atoms with E-state index >= 15 is 0 Å². The number of hydrogen-bond donors (Lipinski definition) is 1. The number of halogens is 3. The summed E-state index contributed by atoms with van der Waals surface area (Å²) in [6, 6.07) is 16.1. The molecule has 1 aliphatic rings. The van der Waals surface area contributed by atoms with Crippen LogP contribution in [0.25, 0.3) is 5.76 Å². The molecule has 0 spiro atoms. The summed E-state index contributed by atoms with van der Waals surface area (Å²) >= 11 is 12.3. The lowest BCUT2D eigenvalue weighted by Gasteiger charge is -2.25. The van der Waals surface area contributed by atoms with Crippen LogP contribution in [0.4, 0.5) is 10.1 Å². The van der Waals surface area contributed by atoms with Crippen molar-refractivity contribution in [3.8, 4) is 5.75 Å². The number of carbonyl (C=O) groups is 2. The van der Waals surface area contributed by atoms with Crippen molar-refractivity contribution in [1.82, 2.24) is 0 Å². The first-order valence-corrected chi connectivity index (χ1v) is 10.8. The minimum Gasteiger partial charge on any atom is -0.507 e. The molecule has 3 aromatic carbocycles. The Morgan fingerprint density at radius 2 is 1.76 bits per heavy atom. The lowest BCUT2D eigenvalue weighted by Crippen LogP contribution is -2.29. The Morgan fingerprint density at radius 1 is 1.03 bits per heavy atom. The maximum atomic E-state index is 13.8. The van der Waals surface area contributed by atoms with E-state index in [0.717, 1.165) is 6.07 Å². The summed E-state index contributed by atoms with van der Waals surface area (Å²) in [5.74, 6) is -2.44. The van der Waals surface area contributed by atoms with E-state index in [0.29, 0.717) is 17.9 Å². The predicted molar refractivity (Wildman–Crippen MR) is 125 cm³/mol. The molecular weight excluding hydrogens is 468 g/mol. The summed E-state index contributed by atoms with van der Waals surface area (Å²) in [6.07, 6.45) is 0. The standard InChI is InChI=1S/C25H18Cl2FNO4/c1-2-33-16-9-10-18(26)17(13-16)23(30)21-22(14-6-4-3-5-7-14)29(25(32)24(21)31)15-8-11-20(28)19(27)12-15/h3-13,22,30H,2H2,1H3/b23-21+. The summed E-state index contributed by atoms with van der Waals surface area (Å²) in [5, 5.41) is 11.2. The van der Waals surface area contributed by atoms with Crippen molar-refractivity contribution in [3.63, 3.8) is 0 Å². The first kappa shape index (κ1) is 22.8. The van der Waals surface area contributed by atoms with E-state index in [9.17, 15) is 19.1 Å². The molecule has 0 radical (unpaired) electrons. The van der Waals surface area contributed by atoms with Gasteiger partial charge < -0.3 is 9.84 Å². The van der Waals surface area contributed by atoms with Crippen LogP contribution in [0.1, 0.15) is 24.1 Å². The molecular formula is C25H18Cl2FNO4. The first-order chi connectivity index (χ1) is 15.8. The molecule has 168 valence electrons. The van der Waals surface area contributed by atoms with Gasteiger partial charge in [-0.05, 0) is 48.9 Å². The van der Waals surface area contributed by atoms with Gasteiger partial charge in [0.1, 0.15) is 17.3 Å². The maximum absolute atomic E-state index is 13.8. The van der Waals surface area contributed by atoms with Gasteiger partial charge in [0.05, 0.1) is 28.3 Å². The molecule has 33 heavy (non-hydrogen) atoms. The van der Waals surface area contributed by atoms with Crippen LogP contribution in [-0.4, -0.2) is 23.4 Å². The molecule has 3 aromatic rings. The normalized spacial score (nSPS) is 17.5. The minimum absolute atomic E-state index is 0.151. The van der Waals surface area contributed by atoms with Crippen LogP contribution < -0.4 is 9.64 Å². The topological polar surface area (TPSA) is 66.8 Å². The van der Waals surface area contributed by atoms with Gasteiger partial charge in [-0.3, -0.25) is 14.5 Å². The van der Waals surface area contributed by atoms with E-state index in [2.05, 4.69) is 0 Å². The number of Topliss-reactive ketones (excluding diaryl/α,β-unsaturated/α-hetero) is 1. The smallest absolute Gasteiger partial charge is 0.300 e. The highest BCUT2D eigenvalue weighted by Crippen LogP contribution is 2.43. The van der Waals surface area contributed by atoms with Crippen molar-refractivity contribution < 1.29 is 23.8 Å². The van der Waals surface area contributed by atoms with E-state index in [-0.39, 0.29) is 26.9 Å². The van der Waals surface area contributed by atoms with Crippen molar-refractivity contribution in [3.05, 3.63) is 99.3 Å². The average molecular weight is 486 g/mol.